The second-order valence-corrected chi connectivity index (χ2v) is 4.19. The molecule has 0 radical (unpaired) electrons. The number of halogens is 2. The van der Waals surface area contributed by atoms with Crippen molar-refractivity contribution in [2.24, 2.45) is 5.92 Å². The van der Waals surface area contributed by atoms with Gasteiger partial charge in [0, 0.05) is 12.5 Å². The number of nitrogens with one attached hydrogen (secondary N) is 1. The number of carboxylic acids is 1. The van der Waals surface area contributed by atoms with Crippen LogP contribution in [-0.4, -0.2) is 30.6 Å². The first-order chi connectivity index (χ1) is 8.95. The molecule has 2 atom stereocenters. The Morgan fingerprint density at radius 3 is 2.47 bits per heavy atom. The molecule has 1 fully saturated rings. The lowest BCUT2D eigenvalue weighted by Gasteiger charge is -2.14. The van der Waals surface area contributed by atoms with Gasteiger partial charge in [-0.2, -0.15) is 0 Å². The molecule has 2 N–H and O–H groups in total. The molecule has 1 amide bonds. The summed E-state index contributed by atoms with van der Waals surface area (Å²) in [5.74, 6) is -6.52. The monoisotopic (exact) mass is 271 g/mol. The number of rotatable bonds is 3. The molecule has 1 aromatic rings. The maximum atomic E-state index is 13.6. The van der Waals surface area contributed by atoms with Gasteiger partial charge in [0.1, 0.15) is 5.92 Å². The Bertz CT molecular complexity index is 524. The summed E-state index contributed by atoms with van der Waals surface area (Å²) in [6.07, 6.45) is 0. The Labute approximate surface area is 107 Å². The van der Waals surface area contributed by atoms with Crippen LogP contribution in [0.25, 0.3) is 0 Å². The first kappa shape index (κ1) is 13.3. The van der Waals surface area contributed by atoms with E-state index in [1.165, 1.54) is 0 Å². The summed E-state index contributed by atoms with van der Waals surface area (Å²) < 4.78 is 31.7. The second-order valence-electron chi connectivity index (χ2n) is 4.19. The summed E-state index contributed by atoms with van der Waals surface area (Å²) in [6.45, 7) is 0.0288. The number of carbonyl (C=O) groups excluding carboxylic acids is 1. The smallest absolute Gasteiger partial charge is 0.316 e. The summed E-state index contributed by atoms with van der Waals surface area (Å²) in [5, 5.41) is 11.4. The van der Waals surface area contributed by atoms with Crippen molar-refractivity contribution in [3.63, 3.8) is 0 Å². The highest BCUT2D eigenvalue weighted by Crippen LogP contribution is 2.33. The average molecular weight is 271 g/mol. The van der Waals surface area contributed by atoms with E-state index in [-0.39, 0.29) is 12.1 Å². The lowest BCUT2D eigenvalue weighted by molar-refractivity contribution is -0.145. The topological polar surface area (TPSA) is 75.6 Å². The largest absolute Gasteiger partial charge is 0.491 e. The van der Waals surface area contributed by atoms with E-state index in [9.17, 15) is 18.4 Å². The van der Waals surface area contributed by atoms with Gasteiger partial charge in [-0.1, -0.05) is 0 Å². The van der Waals surface area contributed by atoms with Gasteiger partial charge in [-0.15, -0.1) is 0 Å². The molecule has 19 heavy (non-hydrogen) atoms. The molecule has 0 aliphatic carbocycles. The molecule has 1 saturated heterocycles. The molecule has 102 valence electrons. The van der Waals surface area contributed by atoms with Crippen LogP contribution in [0.5, 0.6) is 5.75 Å². The van der Waals surface area contributed by atoms with Gasteiger partial charge in [0.05, 0.1) is 7.11 Å². The van der Waals surface area contributed by atoms with Crippen molar-refractivity contribution in [2.75, 3.05) is 13.7 Å². The molecule has 0 aromatic heterocycles. The van der Waals surface area contributed by atoms with E-state index in [1.807, 2.05) is 0 Å². The van der Waals surface area contributed by atoms with Crippen LogP contribution in [0.1, 0.15) is 11.5 Å². The maximum absolute atomic E-state index is 13.6. The van der Waals surface area contributed by atoms with Crippen molar-refractivity contribution in [1.82, 2.24) is 5.32 Å². The number of carboxylic acid groups (broad SMARTS) is 1. The number of methoxy groups -OCH3 is 1. The number of benzene rings is 1. The number of aliphatic carboxylic acids is 1. The van der Waals surface area contributed by atoms with Crippen molar-refractivity contribution >= 4 is 11.9 Å². The molecule has 1 aliphatic heterocycles. The van der Waals surface area contributed by atoms with E-state index in [0.29, 0.717) is 0 Å². The molecule has 2 rings (SSSR count). The quantitative estimate of drug-likeness (QED) is 0.800. The zero-order chi connectivity index (χ0) is 14.2. The Hall–Kier alpha value is -2.18. The Morgan fingerprint density at radius 1 is 1.42 bits per heavy atom. The summed E-state index contributed by atoms with van der Waals surface area (Å²) in [4.78, 5) is 22.4. The highest BCUT2D eigenvalue weighted by Gasteiger charge is 2.41. The summed E-state index contributed by atoms with van der Waals surface area (Å²) >= 11 is 0. The van der Waals surface area contributed by atoms with Gasteiger partial charge in [-0.05, 0) is 17.7 Å². The van der Waals surface area contributed by atoms with Gasteiger partial charge in [0.25, 0.3) is 0 Å². The highest BCUT2D eigenvalue weighted by atomic mass is 19.1. The maximum Gasteiger partial charge on any atom is 0.316 e. The molecular weight excluding hydrogens is 260 g/mol. The van der Waals surface area contributed by atoms with E-state index >= 15 is 0 Å². The van der Waals surface area contributed by atoms with E-state index in [0.717, 1.165) is 19.2 Å². The SMILES string of the molecule is COc1c(F)cc(C2CNC(=O)C2C(=O)O)cc1F. The summed E-state index contributed by atoms with van der Waals surface area (Å²) in [6, 6.07) is 1.98. The summed E-state index contributed by atoms with van der Waals surface area (Å²) in [5.41, 5.74) is 0.113. The molecule has 1 aliphatic rings. The molecule has 1 aromatic carbocycles. The van der Waals surface area contributed by atoms with Crippen molar-refractivity contribution in [3.05, 3.63) is 29.3 Å². The third-order valence-electron chi connectivity index (χ3n) is 3.10. The van der Waals surface area contributed by atoms with Crippen LogP contribution in [0.3, 0.4) is 0 Å². The molecule has 2 unspecified atom stereocenters. The van der Waals surface area contributed by atoms with Crippen molar-refractivity contribution in [3.8, 4) is 5.75 Å². The second kappa shape index (κ2) is 4.83. The van der Waals surface area contributed by atoms with Crippen LogP contribution in [0.2, 0.25) is 0 Å². The minimum Gasteiger partial charge on any atom is -0.491 e. The number of carbonyl (C=O) groups is 2. The predicted octanol–water partition coefficient (Wildman–Crippen LogP) is 0.888. The zero-order valence-corrected chi connectivity index (χ0v) is 9.94. The molecule has 5 nitrogen and oxygen atoms in total. The molecule has 1 heterocycles. The van der Waals surface area contributed by atoms with Crippen LogP contribution < -0.4 is 10.1 Å². The lowest BCUT2D eigenvalue weighted by Crippen LogP contribution is -2.26. The number of hydrogen-bond acceptors (Lipinski definition) is 3. The van der Waals surface area contributed by atoms with Crippen molar-refractivity contribution in [2.45, 2.75) is 5.92 Å². The third-order valence-corrected chi connectivity index (χ3v) is 3.10. The molecular formula is C12H11F2NO4. The third kappa shape index (κ3) is 2.23. The van der Waals surface area contributed by atoms with Crippen molar-refractivity contribution in [1.29, 1.82) is 0 Å². The highest BCUT2D eigenvalue weighted by molar-refractivity contribution is 5.99. The van der Waals surface area contributed by atoms with Crippen LogP contribution in [0, 0.1) is 17.6 Å². The Kier molecular flexibility index (Phi) is 3.37. The molecule has 0 saturated carbocycles. The summed E-state index contributed by atoms with van der Waals surface area (Å²) in [7, 11) is 1.13. The Morgan fingerprint density at radius 2 is 2.00 bits per heavy atom. The molecule has 0 bridgehead atoms. The van der Waals surface area contributed by atoms with Crippen LogP contribution >= 0.6 is 0 Å². The lowest BCUT2D eigenvalue weighted by atomic mass is 9.88. The minimum absolute atomic E-state index is 0.0288. The van der Waals surface area contributed by atoms with Gasteiger partial charge in [0.15, 0.2) is 17.4 Å². The first-order valence-corrected chi connectivity index (χ1v) is 5.49. The number of ether oxygens (including phenoxy) is 1. The van der Waals surface area contributed by atoms with E-state index in [4.69, 9.17) is 5.11 Å². The van der Waals surface area contributed by atoms with E-state index in [2.05, 4.69) is 10.1 Å². The van der Waals surface area contributed by atoms with E-state index < -0.39 is 41.1 Å². The van der Waals surface area contributed by atoms with Gasteiger partial charge in [0.2, 0.25) is 5.91 Å². The van der Waals surface area contributed by atoms with Crippen LogP contribution in [0.15, 0.2) is 12.1 Å². The fourth-order valence-electron chi connectivity index (χ4n) is 2.20. The van der Waals surface area contributed by atoms with Crippen molar-refractivity contribution < 1.29 is 28.2 Å². The molecule has 7 heteroatoms. The first-order valence-electron chi connectivity index (χ1n) is 5.49. The predicted molar refractivity (Wildman–Crippen MR) is 59.8 cm³/mol. The average Bonchev–Trinajstić information content (AvgIpc) is 2.70. The standard InChI is InChI=1S/C12H11F2NO4/c1-19-10-7(13)2-5(3-8(10)14)6-4-15-11(16)9(6)12(17)18/h2-3,6,9H,4H2,1H3,(H,15,16)(H,17,18). The van der Waals surface area contributed by atoms with Gasteiger partial charge in [-0.3, -0.25) is 9.59 Å². The number of hydrogen-bond donors (Lipinski definition) is 2. The zero-order valence-electron chi connectivity index (χ0n) is 9.94. The van der Waals surface area contributed by atoms with E-state index in [1.54, 1.807) is 0 Å². The normalized spacial score (nSPS) is 22.2. The minimum atomic E-state index is -1.34. The number of amides is 1. The van der Waals surface area contributed by atoms with Gasteiger partial charge >= 0.3 is 5.97 Å². The molecule has 0 spiro atoms. The van der Waals surface area contributed by atoms with Gasteiger partial charge in [-0.25, -0.2) is 8.78 Å². The Balaban J connectivity index is 2.42. The van der Waals surface area contributed by atoms with Crippen LogP contribution in [0.4, 0.5) is 8.78 Å². The van der Waals surface area contributed by atoms with Crippen LogP contribution in [-0.2, 0) is 9.59 Å². The fraction of sp³-hybridized carbons (Fsp3) is 0.333. The fourth-order valence-corrected chi connectivity index (χ4v) is 2.20. The van der Waals surface area contributed by atoms with Gasteiger partial charge < -0.3 is 15.2 Å².